The summed E-state index contributed by atoms with van der Waals surface area (Å²) in [5.74, 6) is 2.00. The van der Waals surface area contributed by atoms with Crippen molar-refractivity contribution in [2.45, 2.75) is 57.8 Å². The van der Waals surface area contributed by atoms with E-state index in [-0.39, 0.29) is 0 Å². The minimum Gasteiger partial charge on any atom is -0.369 e. The Hall–Kier alpha value is -3.14. The monoisotopic (exact) mass is 551 g/mol. The Morgan fingerprint density at radius 1 is 0.878 bits per heavy atom. The second kappa shape index (κ2) is 13.2. The van der Waals surface area contributed by atoms with Gasteiger partial charge < -0.3 is 14.8 Å². The Bertz CT molecular complexity index is 1340. The fourth-order valence-electron chi connectivity index (χ4n) is 6.80. The quantitative estimate of drug-likeness (QED) is 0.212. The predicted octanol–water partition coefficient (Wildman–Crippen LogP) is 6.27. The Kier molecular flexibility index (Phi) is 9.03. The van der Waals surface area contributed by atoms with Gasteiger partial charge >= 0.3 is 0 Å². The predicted molar refractivity (Wildman–Crippen MR) is 166 cm³/mol. The largest absolute Gasteiger partial charge is 0.369 e. The molecule has 2 aromatic carbocycles. The zero-order chi connectivity index (χ0) is 28.0. The number of carbonyl (C=O) groups excluding carboxylic acids is 1. The first-order chi connectivity index (χ1) is 20.1. The van der Waals surface area contributed by atoms with Crippen LogP contribution in [0, 0.1) is 23.2 Å². The molecular formula is C35H45N5O. The molecule has 3 fully saturated rings. The first kappa shape index (κ1) is 28.0. The molecule has 3 aromatic rings. The van der Waals surface area contributed by atoms with Gasteiger partial charge in [0, 0.05) is 67.5 Å². The third-order valence-electron chi connectivity index (χ3n) is 9.69. The number of piperazine rings is 1. The number of piperidine rings is 1. The normalized spacial score (nSPS) is 19.0. The number of likely N-dealkylation sites (tertiary alicyclic amines) is 1. The summed E-state index contributed by atoms with van der Waals surface area (Å²) in [5.41, 5.74) is 5.26. The summed E-state index contributed by atoms with van der Waals surface area (Å²) in [6.45, 7) is 9.13. The van der Waals surface area contributed by atoms with Crippen LogP contribution in [0.4, 0.5) is 5.69 Å². The van der Waals surface area contributed by atoms with Crippen molar-refractivity contribution in [2.24, 2.45) is 11.8 Å². The van der Waals surface area contributed by atoms with Crippen LogP contribution in [0.1, 0.15) is 72.9 Å². The lowest BCUT2D eigenvalue weighted by atomic mass is 9.90. The van der Waals surface area contributed by atoms with Crippen LogP contribution < -0.4 is 4.90 Å². The van der Waals surface area contributed by atoms with E-state index < -0.39 is 0 Å². The Labute approximate surface area is 245 Å². The van der Waals surface area contributed by atoms with Crippen LogP contribution in [-0.2, 0) is 6.42 Å². The van der Waals surface area contributed by atoms with Gasteiger partial charge in [-0.1, -0.05) is 0 Å². The van der Waals surface area contributed by atoms with Crippen LogP contribution in [0.3, 0.4) is 0 Å². The summed E-state index contributed by atoms with van der Waals surface area (Å²) in [4.78, 5) is 23.9. The van der Waals surface area contributed by atoms with E-state index in [4.69, 9.17) is 0 Å². The van der Waals surface area contributed by atoms with Crippen LogP contribution in [0.5, 0.6) is 0 Å². The number of benzene rings is 2. The first-order valence-electron chi connectivity index (χ1n) is 16.0. The SMILES string of the molecule is N#Cc1ccc2[nH]cc(CCCCN3CCN(c4ccc(C(=O)CCC5CCN(CC6CC6)CC5)cc4)CC3)c2c1. The lowest BCUT2D eigenvalue weighted by Crippen LogP contribution is -2.46. The summed E-state index contributed by atoms with van der Waals surface area (Å²) in [5, 5.41) is 10.4. The van der Waals surface area contributed by atoms with Crippen LogP contribution >= 0.6 is 0 Å². The number of unbranched alkanes of at least 4 members (excludes halogenated alkanes) is 1. The number of nitrogens with one attached hydrogen (secondary N) is 1. The van der Waals surface area contributed by atoms with Crippen molar-refractivity contribution in [2.75, 3.05) is 57.3 Å². The number of nitriles is 1. The van der Waals surface area contributed by atoms with Crippen molar-refractivity contribution in [3.8, 4) is 6.07 Å². The van der Waals surface area contributed by atoms with Crippen molar-refractivity contribution < 1.29 is 4.79 Å². The average Bonchev–Trinajstić information content (AvgIpc) is 3.75. The number of hydrogen-bond donors (Lipinski definition) is 1. The van der Waals surface area contributed by atoms with E-state index in [0.29, 0.717) is 12.2 Å². The number of aromatic nitrogens is 1. The highest BCUT2D eigenvalue weighted by atomic mass is 16.1. The van der Waals surface area contributed by atoms with Gasteiger partial charge in [0.05, 0.1) is 11.6 Å². The molecule has 0 atom stereocenters. The van der Waals surface area contributed by atoms with E-state index in [1.165, 1.54) is 68.4 Å². The van der Waals surface area contributed by atoms with Gasteiger partial charge in [0.15, 0.2) is 5.78 Å². The number of anilines is 1. The third-order valence-corrected chi connectivity index (χ3v) is 9.69. The van der Waals surface area contributed by atoms with Gasteiger partial charge in [-0.2, -0.15) is 5.26 Å². The second-order valence-electron chi connectivity index (χ2n) is 12.7. The Morgan fingerprint density at radius 2 is 1.66 bits per heavy atom. The number of Topliss-reactive ketones (excluding diaryl/α,β-unsaturated/α-hetero) is 1. The van der Waals surface area contributed by atoms with Crippen LogP contribution in [0.15, 0.2) is 48.7 Å². The highest BCUT2D eigenvalue weighted by Crippen LogP contribution is 2.32. The number of carbonyl (C=O) groups is 1. The number of H-pyrrole nitrogens is 1. The number of hydrogen-bond acceptors (Lipinski definition) is 5. The van der Waals surface area contributed by atoms with Crippen molar-refractivity contribution in [3.05, 3.63) is 65.4 Å². The van der Waals surface area contributed by atoms with Gasteiger partial charge in [0.1, 0.15) is 0 Å². The minimum atomic E-state index is 0.305. The van der Waals surface area contributed by atoms with E-state index in [1.807, 2.05) is 30.3 Å². The minimum absolute atomic E-state index is 0.305. The van der Waals surface area contributed by atoms with Crippen LogP contribution in [0.25, 0.3) is 10.9 Å². The molecule has 0 amide bonds. The van der Waals surface area contributed by atoms with Crippen molar-refractivity contribution in [3.63, 3.8) is 0 Å². The number of nitrogens with zero attached hydrogens (tertiary/aromatic N) is 4. The summed E-state index contributed by atoms with van der Waals surface area (Å²) < 4.78 is 0. The number of fused-ring (bicyclic) bond motifs is 1. The molecule has 6 nitrogen and oxygen atoms in total. The molecule has 41 heavy (non-hydrogen) atoms. The molecular weight excluding hydrogens is 506 g/mol. The molecule has 1 saturated carbocycles. The molecule has 6 rings (SSSR count). The van der Waals surface area contributed by atoms with Crippen molar-refractivity contribution >= 4 is 22.4 Å². The maximum atomic E-state index is 12.9. The van der Waals surface area contributed by atoms with Gasteiger partial charge in [0.2, 0.25) is 0 Å². The van der Waals surface area contributed by atoms with Crippen LogP contribution in [0.2, 0.25) is 0 Å². The molecule has 2 saturated heterocycles. The molecule has 1 aliphatic carbocycles. The topological polar surface area (TPSA) is 66.4 Å². The molecule has 0 unspecified atom stereocenters. The first-order valence-corrected chi connectivity index (χ1v) is 16.0. The number of aromatic amines is 1. The number of ketones is 1. The zero-order valence-electron chi connectivity index (χ0n) is 24.5. The fraction of sp³-hybridized carbons (Fsp3) is 0.543. The Balaban J connectivity index is 0.880. The summed E-state index contributed by atoms with van der Waals surface area (Å²) in [6.07, 6.45) is 12.6. The number of rotatable bonds is 12. The van der Waals surface area contributed by atoms with Crippen molar-refractivity contribution in [1.82, 2.24) is 14.8 Å². The van der Waals surface area contributed by atoms with E-state index in [9.17, 15) is 10.1 Å². The highest BCUT2D eigenvalue weighted by Gasteiger charge is 2.27. The van der Waals surface area contributed by atoms with E-state index in [1.54, 1.807) is 0 Å². The van der Waals surface area contributed by atoms with Gasteiger partial charge in [-0.15, -0.1) is 0 Å². The average molecular weight is 552 g/mol. The molecule has 3 heterocycles. The second-order valence-corrected chi connectivity index (χ2v) is 12.7. The van der Waals surface area contributed by atoms with Gasteiger partial charge in [-0.05, 0) is 131 Å². The molecule has 1 aromatic heterocycles. The summed E-state index contributed by atoms with van der Waals surface area (Å²) >= 11 is 0. The van der Waals surface area contributed by atoms with Crippen LogP contribution in [-0.4, -0.2) is 72.9 Å². The fourth-order valence-corrected chi connectivity index (χ4v) is 6.80. The molecule has 0 spiro atoms. The summed E-state index contributed by atoms with van der Waals surface area (Å²) in [6, 6.07) is 16.5. The molecule has 2 aliphatic heterocycles. The molecule has 1 N–H and O–H groups in total. The standard InChI is InChI=1S/C35H45N5O/c36-24-29-6-12-34-33(23-29)31(25-37-34)3-1-2-16-38-19-21-40(22-20-38)32-10-8-30(9-11-32)35(41)13-7-27-14-17-39(18-15-27)26-28-4-5-28/h6,8-12,23,25,27-28,37H,1-5,7,13-22,26H2. The lowest BCUT2D eigenvalue weighted by Gasteiger charge is -2.36. The van der Waals surface area contributed by atoms with Gasteiger partial charge in [-0.25, -0.2) is 0 Å². The molecule has 6 heteroatoms. The molecule has 216 valence electrons. The van der Waals surface area contributed by atoms with E-state index >= 15 is 0 Å². The maximum Gasteiger partial charge on any atom is 0.162 e. The highest BCUT2D eigenvalue weighted by molar-refractivity contribution is 5.96. The van der Waals surface area contributed by atoms with E-state index in [2.05, 4.69) is 44.1 Å². The molecule has 0 radical (unpaired) electrons. The van der Waals surface area contributed by atoms with Gasteiger partial charge in [0.25, 0.3) is 0 Å². The Morgan fingerprint density at radius 3 is 2.39 bits per heavy atom. The van der Waals surface area contributed by atoms with E-state index in [0.717, 1.165) is 80.5 Å². The molecule has 0 bridgehead atoms. The maximum absolute atomic E-state index is 12.9. The smallest absolute Gasteiger partial charge is 0.162 e. The van der Waals surface area contributed by atoms with Crippen molar-refractivity contribution in [1.29, 1.82) is 5.26 Å². The van der Waals surface area contributed by atoms with Gasteiger partial charge in [-0.3, -0.25) is 9.69 Å². The summed E-state index contributed by atoms with van der Waals surface area (Å²) in [7, 11) is 0. The third kappa shape index (κ3) is 7.39. The molecule has 3 aliphatic rings. The zero-order valence-corrected chi connectivity index (χ0v) is 24.5. The lowest BCUT2D eigenvalue weighted by molar-refractivity contribution is 0.0961. The number of aryl methyl sites for hydroxylation is 1.